The van der Waals surface area contributed by atoms with E-state index >= 15 is 0 Å². The summed E-state index contributed by atoms with van der Waals surface area (Å²) in [6.45, 7) is 0. The lowest BCUT2D eigenvalue weighted by atomic mass is 10.7. The standard InChI is InChI=1S/C3HBrCl3NO2/c4-2(8(9)10)1-3(5,6)7/h1H. The molecule has 0 aliphatic rings. The highest BCUT2D eigenvalue weighted by atomic mass is 79.9. The van der Waals surface area contributed by atoms with Crippen LogP contribution in [-0.4, -0.2) is 8.72 Å². The summed E-state index contributed by atoms with van der Waals surface area (Å²) in [5, 5.41) is 9.89. The van der Waals surface area contributed by atoms with Crippen LogP contribution in [0, 0.1) is 10.1 Å². The van der Waals surface area contributed by atoms with Crippen LogP contribution in [0.15, 0.2) is 10.7 Å². The fourth-order valence-electron chi connectivity index (χ4n) is 0.188. The maximum atomic E-state index is 9.89. The first-order chi connectivity index (χ1) is 4.33. The second kappa shape index (κ2) is 3.76. The zero-order chi connectivity index (χ0) is 8.36. The monoisotopic (exact) mass is 267 g/mol. The van der Waals surface area contributed by atoms with Crippen LogP contribution < -0.4 is 0 Å². The number of rotatable bonds is 1. The van der Waals surface area contributed by atoms with Gasteiger partial charge in [0.2, 0.25) is 3.79 Å². The molecule has 10 heavy (non-hydrogen) atoms. The van der Waals surface area contributed by atoms with Gasteiger partial charge in [0.15, 0.2) is 0 Å². The molecule has 0 heterocycles. The minimum absolute atomic E-state index is 0.368. The predicted molar refractivity (Wildman–Crippen MR) is 44.3 cm³/mol. The molecule has 0 aliphatic heterocycles. The van der Waals surface area contributed by atoms with Crippen molar-refractivity contribution < 1.29 is 4.92 Å². The molecular weight excluding hydrogens is 268 g/mol. The molecule has 0 N–H and O–H groups in total. The van der Waals surface area contributed by atoms with Crippen LogP contribution in [0.2, 0.25) is 0 Å². The summed E-state index contributed by atoms with van der Waals surface area (Å²) in [5.41, 5.74) is 0. The van der Waals surface area contributed by atoms with Crippen LogP contribution in [0.1, 0.15) is 0 Å². The van der Waals surface area contributed by atoms with Crippen LogP contribution in [-0.2, 0) is 0 Å². The van der Waals surface area contributed by atoms with Gasteiger partial charge in [-0.25, -0.2) is 0 Å². The van der Waals surface area contributed by atoms with E-state index in [0.29, 0.717) is 0 Å². The van der Waals surface area contributed by atoms with E-state index in [0.717, 1.165) is 6.08 Å². The second-order valence-electron chi connectivity index (χ2n) is 1.27. The number of hydrogen-bond acceptors (Lipinski definition) is 2. The zero-order valence-electron chi connectivity index (χ0n) is 4.35. The van der Waals surface area contributed by atoms with Crippen molar-refractivity contribution in [3.05, 3.63) is 20.8 Å². The fraction of sp³-hybridized carbons (Fsp3) is 0.333. The summed E-state index contributed by atoms with van der Waals surface area (Å²) >= 11 is 18.2. The van der Waals surface area contributed by atoms with Crippen LogP contribution in [0.5, 0.6) is 0 Å². The van der Waals surface area contributed by atoms with E-state index in [-0.39, 0.29) is 4.61 Å². The van der Waals surface area contributed by atoms with Crippen molar-refractivity contribution in [3.63, 3.8) is 0 Å². The van der Waals surface area contributed by atoms with Gasteiger partial charge < -0.3 is 0 Å². The Morgan fingerprint density at radius 1 is 1.60 bits per heavy atom. The van der Waals surface area contributed by atoms with Crippen LogP contribution in [0.4, 0.5) is 0 Å². The SMILES string of the molecule is O=[N+]([O-])C(Br)=CC(Cl)(Cl)Cl. The zero-order valence-corrected chi connectivity index (χ0v) is 8.21. The maximum Gasteiger partial charge on any atom is 0.310 e. The Morgan fingerprint density at radius 3 is 2.10 bits per heavy atom. The molecule has 0 spiro atoms. The van der Waals surface area contributed by atoms with Crippen LogP contribution in [0.3, 0.4) is 0 Å². The van der Waals surface area contributed by atoms with Gasteiger partial charge in [0.1, 0.15) is 0 Å². The van der Waals surface area contributed by atoms with Crippen molar-refractivity contribution in [2.75, 3.05) is 0 Å². The molecule has 3 nitrogen and oxygen atoms in total. The number of allylic oxidation sites excluding steroid dienone is 1. The Morgan fingerprint density at radius 2 is 2.00 bits per heavy atom. The largest absolute Gasteiger partial charge is 0.310 e. The molecule has 0 unspecified atom stereocenters. The third-order valence-corrected chi connectivity index (χ3v) is 1.30. The molecular formula is C3HBrCl3NO2. The van der Waals surface area contributed by atoms with Crippen molar-refractivity contribution >= 4 is 50.7 Å². The summed E-state index contributed by atoms with van der Waals surface area (Å²) in [7, 11) is 0. The van der Waals surface area contributed by atoms with E-state index in [4.69, 9.17) is 34.8 Å². The Balaban J connectivity index is 4.32. The van der Waals surface area contributed by atoms with E-state index in [2.05, 4.69) is 15.9 Å². The summed E-state index contributed by atoms with van der Waals surface area (Å²) in [4.78, 5) is 9.18. The molecule has 0 aromatic rings. The lowest BCUT2D eigenvalue weighted by Crippen LogP contribution is -2.00. The van der Waals surface area contributed by atoms with E-state index in [9.17, 15) is 10.1 Å². The molecule has 0 amide bonds. The molecule has 0 aromatic carbocycles. The molecule has 0 aliphatic carbocycles. The Hall–Kier alpha value is 0.490. The summed E-state index contributed by atoms with van der Waals surface area (Å²) < 4.78 is -2.10. The number of nitro groups is 1. The van der Waals surface area contributed by atoms with Gasteiger partial charge in [0, 0.05) is 15.9 Å². The highest BCUT2D eigenvalue weighted by Gasteiger charge is 2.20. The highest BCUT2D eigenvalue weighted by molar-refractivity contribution is 9.11. The lowest BCUT2D eigenvalue weighted by Gasteiger charge is -2.00. The second-order valence-corrected chi connectivity index (χ2v) is 4.45. The quantitative estimate of drug-likeness (QED) is 0.318. The summed E-state index contributed by atoms with van der Waals surface area (Å²) in [6, 6.07) is 0. The number of halogens is 4. The van der Waals surface area contributed by atoms with Crippen LogP contribution >= 0.6 is 50.7 Å². The molecule has 0 radical (unpaired) electrons. The average Bonchev–Trinajstić information content (AvgIpc) is 1.60. The fourth-order valence-corrected chi connectivity index (χ4v) is 1.24. The van der Waals surface area contributed by atoms with E-state index in [1.165, 1.54) is 0 Å². The molecule has 0 bridgehead atoms. The van der Waals surface area contributed by atoms with Crippen molar-refractivity contribution in [2.45, 2.75) is 3.79 Å². The van der Waals surface area contributed by atoms with Gasteiger partial charge in [-0.1, -0.05) is 34.8 Å². The predicted octanol–water partition coefficient (Wildman–Crippen LogP) is 2.87. The van der Waals surface area contributed by atoms with Gasteiger partial charge in [-0.05, 0) is 0 Å². The minimum Gasteiger partial charge on any atom is -0.258 e. The van der Waals surface area contributed by atoms with Gasteiger partial charge in [-0.15, -0.1) is 0 Å². The Labute approximate surface area is 80.2 Å². The molecule has 0 rings (SSSR count). The Kier molecular flexibility index (Phi) is 3.94. The molecule has 0 saturated heterocycles. The third kappa shape index (κ3) is 5.29. The minimum atomic E-state index is -1.73. The summed E-state index contributed by atoms with van der Waals surface area (Å²) in [6.07, 6.45) is 0.859. The molecule has 0 atom stereocenters. The van der Waals surface area contributed by atoms with E-state index in [1.54, 1.807) is 0 Å². The maximum absolute atomic E-state index is 9.89. The molecule has 0 fully saturated rings. The molecule has 0 saturated carbocycles. The first-order valence-corrected chi connectivity index (χ1v) is 3.85. The van der Waals surface area contributed by atoms with Gasteiger partial charge in [0.05, 0.1) is 11.0 Å². The van der Waals surface area contributed by atoms with Gasteiger partial charge in [-0.3, -0.25) is 10.1 Å². The number of nitrogens with zero attached hydrogens (tertiary/aromatic N) is 1. The van der Waals surface area contributed by atoms with Crippen LogP contribution in [0.25, 0.3) is 0 Å². The Bertz CT molecular complexity index is 175. The first-order valence-electron chi connectivity index (χ1n) is 1.92. The van der Waals surface area contributed by atoms with Crippen molar-refractivity contribution in [2.24, 2.45) is 0 Å². The highest BCUT2D eigenvalue weighted by Crippen LogP contribution is 2.30. The van der Waals surface area contributed by atoms with Crippen molar-refractivity contribution in [3.8, 4) is 0 Å². The van der Waals surface area contributed by atoms with Gasteiger partial charge >= 0.3 is 4.61 Å². The smallest absolute Gasteiger partial charge is 0.258 e. The molecule has 7 heteroatoms. The first kappa shape index (κ1) is 10.5. The average molecular weight is 269 g/mol. The van der Waals surface area contributed by atoms with Gasteiger partial charge in [-0.2, -0.15) is 0 Å². The van der Waals surface area contributed by atoms with Gasteiger partial charge in [0.25, 0.3) is 0 Å². The van der Waals surface area contributed by atoms with E-state index in [1.807, 2.05) is 0 Å². The van der Waals surface area contributed by atoms with Crippen molar-refractivity contribution in [1.29, 1.82) is 0 Å². The third-order valence-electron chi connectivity index (χ3n) is 0.457. The topological polar surface area (TPSA) is 43.1 Å². The summed E-state index contributed by atoms with van der Waals surface area (Å²) in [5.74, 6) is 0. The normalized spacial score (nSPS) is 13.4. The lowest BCUT2D eigenvalue weighted by molar-refractivity contribution is -0.409. The van der Waals surface area contributed by atoms with Crippen molar-refractivity contribution in [1.82, 2.24) is 0 Å². The molecule has 0 aromatic heterocycles. The van der Waals surface area contributed by atoms with E-state index < -0.39 is 8.72 Å². The number of hydrogen-bond donors (Lipinski definition) is 0. The molecule has 58 valence electrons. The number of alkyl halides is 3.